The number of hydrogen-bond donors (Lipinski definition) is 3. The van der Waals surface area contributed by atoms with Crippen molar-refractivity contribution in [2.45, 2.75) is 51.0 Å². The van der Waals surface area contributed by atoms with Crippen LogP contribution < -0.4 is 19.5 Å². The molecule has 0 bridgehead atoms. The van der Waals surface area contributed by atoms with E-state index in [-0.39, 0.29) is 55.1 Å². The fourth-order valence-corrected chi connectivity index (χ4v) is 6.01. The number of benzene rings is 2. The smallest absolute Gasteiger partial charge is 0.289 e. The molecular formula is C33H39IN2O10. The van der Waals surface area contributed by atoms with Crippen LogP contribution in [0.4, 0.5) is 0 Å². The molecular weight excluding hydrogens is 711 g/mol. The minimum atomic E-state index is -1.30. The van der Waals surface area contributed by atoms with Gasteiger partial charge in [-0.1, -0.05) is 12.1 Å². The quantitative estimate of drug-likeness (QED) is 0.119. The predicted octanol–water partition coefficient (Wildman–Crippen LogP) is 3.74. The Morgan fingerprint density at radius 3 is 2.61 bits per heavy atom. The Bertz CT molecular complexity index is 1570. The first-order valence-electron chi connectivity index (χ1n) is 14.9. The van der Waals surface area contributed by atoms with Gasteiger partial charge in [-0.2, -0.15) is 0 Å². The molecule has 12 nitrogen and oxygen atoms in total. The number of hydrogen-bond acceptors (Lipinski definition) is 10. The van der Waals surface area contributed by atoms with Crippen molar-refractivity contribution in [3.63, 3.8) is 0 Å². The molecule has 1 aromatic heterocycles. The number of fused-ring (bicyclic) bond motifs is 1. The standard InChI is InChI=1S/C33H39IN2O10/c1-19(2)44-12-6-10-36(33(41)28-16-21-7-5-8-25(42-3)30(21)46-28)24-15-22(32(40)35-9-11-37)17-26(29(24)39)45-31-23(34)13-20(18-38)14-27(31)43-4/h5,7-8,13-14,16-19,24,26,29,37,39H,6,9-12,15H2,1-4H3,(H,35,40)/t24-,26+,29+/m1/s1. The molecule has 0 saturated heterocycles. The summed E-state index contributed by atoms with van der Waals surface area (Å²) in [5.41, 5.74) is 1.04. The Labute approximate surface area is 280 Å². The minimum Gasteiger partial charge on any atom is -0.493 e. The van der Waals surface area contributed by atoms with Gasteiger partial charge in [-0.3, -0.25) is 14.4 Å². The number of nitrogens with zero attached hydrogens (tertiary/aromatic N) is 1. The molecule has 13 heteroatoms. The van der Waals surface area contributed by atoms with Gasteiger partial charge in [-0.05, 0) is 73.2 Å². The van der Waals surface area contributed by atoms with Crippen molar-refractivity contribution >= 4 is 51.7 Å². The highest BCUT2D eigenvalue weighted by Gasteiger charge is 2.41. The fraction of sp³-hybridized carbons (Fsp3) is 0.424. The number of furan rings is 1. The van der Waals surface area contributed by atoms with Crippen molar-refractivity contribution in [2.24, 2.45) is 0 Å². The van der Waals surface area contributed by atoms with Crippen LogP contribution in [0.2, 0.25) is 0 Å². The summed E-state index contributed by atoms with van der Waals surface area (Å²) in [5.74, 6) is 0.0620. The van der Waals surface area contributed by atoms with Crippen LogP contribution in [0, 0.1) is 3.57 Å². The SMILES string of the molecule is COc1cc(C=O)cc(I)c1O[C@H]1C=C(C(=O)NCCO)C[C@@H](N(CCCOC(C)C)C(=O)c2cc3cccc(OC)c3o2)[C@@H]1O. The number of para-hydroxylation sites is 1. The van der Waals surface area contributed by atoms with Gasteiger partial charge in [0.05, 0.1) is 36.5 Å². The van der Waals surface area contributed by atoms with Crippen molar-refractivity contribution in [1.82, 2.24) is 10.2 Å². The molecule has 4 rings (SSSR count). The van der Waals surface area contributed by atoms with Crippen molar-refractivity contribution in [1.29, 1.82) is 0 Å². The molecule has 0 unspecified atom stereocenters. The van der Waals surface area contributed by atoms with Gasteiger partial charge in [0.15, 0.2) is 28.6 Å². The van der Waals surface area contributed by atoms with E-state index in [0.717, 1.165) is 0 Å². The normalized spacial score (nSPS) is 17.8. The zero-order chi connectivity index (χ0) is 33.4. The van der Waals surface area contributed by atoms with Crippen LogP contribution >= 0.6 is 22.6 Å². The van der Waals surface area contributed by atoms with Crippen LogP contribution in [-0.2, 0) is 9.53 Å². The Balaban J connectivity index is 1.75. The minimum absolute atomic E-state index is 0.00305. The largest absolute Gasteiger partial charge is 0.493 e. The van der Waals surface area contributed by atoms with E-state index < -0.39 is 30.1 Å². The summed E-state index contributed by atoms with van der Waals surface area (Å²) in [4.78, 5) is 40.4. The summed E-state index contributed by atoms with van der Waals surface area (Å²) in [6, 6.07) is 9.13. The summed E-state index contributed by atoms with van der Waals surface area (Å²) < 4.78 is 29.5. The van der Waals surface area contributed by atoms with E-state index in [9.17, 15) is 24.6 Å². The second kappa shape index (κ2) is 16.3. The van der Waals surface area contributed by atoms with Crippen LogP contribution in [0.1, 0.15) is 47.6 Å². The number of nitrogens with one attached hydrogen (secondary N) is 1. The van der Waals surface area contributed by atoms with Crippen LogP contribution in [0.15, 0.2) is 52.5 Å². The first kappa shape index (κ1) is 35.2. The molecule has 3 N–H and O–H groups in total. The summed E-state index contributed by atoms with van der Waals surface area (Å²) in [7, 11) is 2.94. The topological polar surface area (TPSA) is 157 Å². The lowest BCUT2D eigenvalue weighted by atomic mass is 9.88. The number of ether oxygens (including phenoxy) is 4. The fourth-order valence-electron chi connectivity index (χ4n) is 5.25. The number of carbonyl (C=O) groups is 3. The first-order valence-corrected chi connectivity index (χ1v) is 16.0. The Morgan fingerprint density at radius 1 is 1.17 bits per heavy atom. The number of aldehydes is 1. The molecule has 1 aliphatic rings. The zero-order valence-electron chi connectivity index (χ0n) is 26.2. The van der Waals surface area contributed by atoms with Gasteiger partial charge < -0.3 is 43.8 Å². The van der Waals surface area contributed by atoms with E-state index in [4.69, 9.17) is 23.4 Å². The highest BCUT2D eigenvalue weighted by Crippen LogP contribution is 2.37. The lowest BCUT2D eigenvalue weighted by Crippen LogP contribution is -2.55. The predicted molar refractivity (Wildman–Crippen MR) is 178 cm³/mol. The maximum absolute atomic E-state index is 14.2. The maximum Gasteiger partial charge on any atom is 0.289 e. The summed E-state index contributed by atoms with van der Waals surface area (Å²) in [6.45, 7) is 4.11. The Kier molecular flexibility index (Phi) is 12.4. The highest BCUT2D eigenvalue weighted by atomic mass is 127. The number of aliphatic hydroxyl groups is 2. The van der Waals surface area contributed by atoms with E-state index >= 15 is 0 Å². The molecule has 46 heavy (non-hydrogen) atoms. The number of rotatable bonds is 15. The van der Waals surface area contributed by atoms with Crippen LogP contribution in [0.3, 0.4) is 0 Å². The highest BCUT2D eigenvalue weighted by molar-refractivity contribution is 14.1. The first-order chi connectivity index (χ1) is 22.1. The van der Waals surface area contributed by atoms with Gasteiger partial charge in [0, 0.05) is 42.6 Å². The van der Waals surface area contributed by atoms with E-state index in [1.807, 2.05) is 36.4 Å². The van der Waals surface area contributed by atoms with Gasteiger partial charge in [0.25, 0.3) is 5.91 Å². The maximum atomic E-state index is 14.2. The monoisotopic (exact) mass is 750 g/mol. The lowest BCUT2D eigenvalue weighted by molar-refractivity contribution is -0.118. The van der Waals surface area contributed by atoms with E-state index in [1.54, 1.807) is 30.3 Å². The molecule has 2 aromatic carbocycles. The lowest BCUT2D eigenvalue weighted by Gasteiger charge is -2.40. The summed E-state index contributed by atoms with van der Waals surface area (Å²) in [6.07, 6.45) is 0.216. The molecule has 3 atom stereocenters. The molecule has 0 radical (unpaired) electrons. The van der Waals surface area contributed by atoms with Crippen molar-refractivity contribution < 1.29 is 48.0 Å². The van der Waals surface area contributed by atoms with E-state index in [2.05, 4.69) is 5.32 Å². The molecule has 0 aliphatic heterocycles. The number of aliphatic hydroxyl groups excluding tert-OH is 2. The van der Waals surface area contributed by atoms with Gasteiger partial charge in [0.2, 0.25) is 5.91 Å². The van der Waals surface area contributed by atoms with Crippen LogP contribution in [0.5, 0.6) is 17.2 Å². The molecule has 3 aromatic rings. The second-order valence-corrected chi connectivity index (χ2v) is 12.1. The Hall–Kier alpha value is -3.66. The molecule has 1 aliphatic carbocycles. The molecule has 248 valence electrons. The van der Waals surface area contributed by atoms with Gasteiger partial charge in [0.1, 0.15) is 18.5 Å². The van der Waals surface area contributed by atoms with Gasteiger partial charge in [-0.15, -0.1) is 0 Å². The van der Waals surface area contributed by atoms with Gasteiger partial charge in [-0.25, -0.2) is 0 Å². The molecule has 0 spiro atoms. The molecule has 1 heterocycles. The summed E-state index contributed by atoms with van der Waals surface area (Å²) >= 11 is 2.00. The second-order valence-electron chi connectivity index (χ2n) is 10.9. The third-order valence-corrected chi connectivity index (χ3v) is 8.25. The molecule has 0 saturated carbocycles. The van der Waals surface area contributed by atoms with E-state index in [0.29, 0.717) is 45.2 Å². The number of amides is 2. The summed E-state index contributed by atoms with van der Waals surface area (Å²) in [5, 5.41) is 24.5. The number of carbonyl (C=O) groups excluding carboxylic acids is 3. The third kappa shape index (κ3) is 8.18. The van der Waals surface area contributed by atoms with Crippen molar-refractivity contribution in [2.75, 3.05) is 40.5 Å². The average Bonchev–Trinajstić information content (AvgIpc) is 3.50. The van der Waals surface area contributed by atoms with Crippen molar-refractivity contribution in [3.05, 3.63) is 62.9 Å². The number of halogens is 1. The van der Waals surface area contributed by atoms with Crippen LogP contribution in [-0.4, -0.2) is 98.1 Å². The number of methoxy groups -OCH3 is 2. The van der Waals surface area contributed by atoms with E-state index in [1.165, 1.54) is 31.3 Å². The van der Waals surface area contributed by atoms with Crippen molar-refractivity contribution in [3.8, 4) is 17.2 Å². The third-order valence-electron chi connectivity index (χ3n) is 7.45. The van der Waals surface area contributed by atoms with Gasteiger partial charge >= 0.3 is 0 Å². The Morgan fingerprint density at radius 2 is 1.93 bits per heavy atom. The zero-order valence-corrected chi connectivity index (χ0v) is 28.3. The average molecular weight is 751 g/mol. The molecule has 0 fully saturated rings. The van der Waals surface area contributed by atoms with Crippen LogP contribution in [0.25, 0.3) is 11.0 Å². The molecule has 2 amide bonds.